The molecule has 188 valence electrons. The zero-order valence-electron chi connectivity index (χ0n) is 18.1. The maximum atomic E-state index is 13.2. The molecule has 16 heteroatoms. The monoisotopic (exact) mass is 581 g/mol. The Hall–Kier alpha value is -2.91. The normalized spacial score (nSPS) is 28.1. The predicted octanol–water partition coefficient (Wildman–Crippen LogP) is 1.98. The van der Waals surface area contributed by atoms with Crippen LogP contribution in [0.5, 0.6) is 5.75 Å². The summed E-state index contributed by atoms with van der Waals surface area (Å²) in [6, 6.07) is 3.98. The van der Waals surface area contributed by atoms with Crippen LogP contribution in [0.2, 0.25) is 0 Å². The molecule has 0 spiro atoms. The van der Waals surface area contributed by atoms with Gasteiger partial charge in [-0.25, -0.2) is 24.3 Å². The summed E-state index contributed by atoms with van der Waals surface area (Å²) in [6.45, 7) is -0.521. The fourth-order valence-electron chi connectivity index (χ4n) is 4.19. The number of phenolic OH excluding ortho intramolecular Hbond substituents is 1. The minimum atomic E-state index is -4.16. The number of halogens is 1. The zero-order valence-corrected chi connectivity index (χ0v) is 20.5. The molecule has 14 nitrogen and oxygen atoms in total. The van der Waals surface area contributed by atoms with Crippen molar-refractivity contribution in [2.45, 2.75) is 31.1 Å². The molecule has 2 fully saturated rings. The summed E-state index contributed by atoms with van der Waals surface area (Å²) >= 11 is 3.21. The van der Waals surface area contributed by atoms with Crippen LogP contribution in [-0.2, 0) is 29.5 Å². The molecule has 0 bridgehead atoms. The van der Waals surface area contributed by atoms with Gasteiger partial charge in [0.15, 0.2) is 17.7 Å². The molecular weight excluding hydrogens is 565 g/mol. The summed E-state index contributed by atoms with van der Waals surface area (Å²) in [5.41, 5.74) is 6.27. The van der Waals surface area contributed by atoms with Gasteiger partial charge in [-0.15, -0.1) is 0 Å². The first-order chi connectivity index (χ1) is 17.2. The number of benzene rings is 1. The van der Waals surface area contributed by atoms with Crippen molar-refractivity contribution < 1.29 is 37.5 Å². The van der Waals surface area contributed by atoms with Crippen LogP contribution in [0.4, 0.5) is 5.82 Å². The fourth-order valence-corrected chi connectivity index (χ4v) is 5.91. The third-order valence-electron chi connectivity index (χ3n) is 5.89. The highest BCUT2D eigenvalue weighted by molar-refractivity contribution is 9.10. The van der Waals surface area contributed by atoms with E-state index in [0.717, 1.165) is 0 Å². The molecule has 2 saturated heterocycles. The SMILES string of the molecule is Nc1ncnc2c1ncn2[C@@H]1O[C@@H]2COP(=O)(OCc3cc(=O)oc4cc(O)c(Br)cc34)OC2[C@H]1O. The largest absolute Gasteiger partial charge is 0.507 e. The van der Waals surface area contributed by atoms with Crippen molar-refractivity contribution in [1.29, 1.82) is 0 Å². The van der Waals surface area contributed by atoms with Crippen molar-refractivity contribution in [3.8, 4) is 5.75 Å². The van der Waals surface area contributed by atoms with Crippen LogP contribution in [0, 0.1) is 0 Å². The van der Waals surface area contributed by atoms with Gasteiger partial charge in [-0.3, -0.25) is 18.1 Å². The molecule has 6 rings (SSSR count). The summed E-state index contributed by atoms with van der Waals surface area (Å²) in [5, 5.41) is 21.3. The summed E-state index contributed by atoms with van der Waals surface area (Å²) in [4.78, 5) is 24.2. The molecule has 2 unspecified atom stereocenters. The Kier molecular flexibility index (Phi) is 5.60. The van der Waals surface area contributed by atoms with Crippen molar-refractivity contribution in [3.63, 3.8) is 0 Å². The number of phosphoric ester groups is 1. The number of hydrogen-bond donors (Lipinski definition) is 3. The summed E-state index contributed by atoms with van der Waals surface area (Å²) in [6.07, 6.45) is -1.37. The molecule has 3 aromatic heterocycles. The molecule has 36 heavy (non-hydrogen) atoms. The van der Waals surface area contributed by atoms with Crippen LogP contribution in [0.15, 0.2) is 44.5 Å². The Bertz CT molecular complexity index is 1610. The van der Waals surface area contributed by atoms with Gasteiger partial charge in [0.25, 0.3) is 0 Å². The number of fused-ring (bicyclic) bond motifs is 3. The molecule has 0 radical (unpaired) electrons. The maximum absolute atomic E-state index is 13.2. The second kappa shape index (κ2) is 8.59. The van der Waals surface area contributed by atoms with Gasteiger partial charge in [-0.05, 0) is 27.6 Å². The van der Waals surface area contributed by atoms with E-state index >= 15 is 0 Å². The number of aliphatic hydroxyl groups is 1. The number of nitrogens with zero attached hydrogens (tertiary/aromatic N) is 4. The number of aromatic hydroxyl groups is 1. The molecule has 0 amide bonds. The number of ether oxygens (including phenoxy) is 1. The Morgan fingerprint density at radius 3 is 2.94 bits per heavy atom. The van der Waals surface area contributed by atoms with Gasteiger partial charge >= 0.3 is 13.4 Å². The second-order valence-corrected chi connectivity index (χ2v) is 10.6. The van der Waals surface area contributed by atoms with Gasteiger partial charge < -0.3 is 25.1 Å². The molecule has 1 aromatic carbocycles. The summed E-state index contributed by atoms with van der Waals surface area (Å²) in [7, 11) is -4.16. The minimum absolute atomic E-state index is 0.116. The lowest BCUT2D eigenvalue weighted by atomic mass is 10.1. The number of hydrogen-bond acceptors (Lipinski definition) is 13. The third-order valence-corrected chi connectivity index (χ3v) is 7.94. The van der Waals surface area contributed by atoms with Gasteiger partial charge in [0.2, 0.25) is 0 Å². The van der Waals surface area contributed by atoms with Crippen molar-refractivity contribution in [3.05, 3.63) is 51.3 Å². The van der Waals surface area contributed by atoms with Crippen molar-refractivity contribution in [1.82, 2.24) is 19.5 Å². The van der Waals surface area contributed by atoms with E-state index in [4.69, 9.17) is 28.5 Å². The van der Waals surface area contributed by atoms with Gasteiger partial charge in [0, 0.05) is 17.5 Å². The lowest BCUT2D eigenvalue weighted by Crippen LogP contribution is -2.39. The van der Waals surface area contributed by atoms with Crippen molar-refractivity contribution in [2.75, 3.05) is 12.3 Å². The minimum Gasteiger partial charge on any atom is -0.507 e. The molecular formula is C20H17BrN5O9P. The number of aliphatic hydroxyl groups excluding tert-OH is 1. The van der Waals surface area contributed by atoms with E-state index in [1.807, 2.05) is 0 Å². The Balaban J connectivity index is 1.23. The summed E-state index contributed by atoms with van der Waals surface area (Å²) < 4.78 is 42.5. The molecule has 2 aliphatic rings. The number of nitrogen functional groups attached to an aromatic ring is 1. The van der Waals surface area contributed by atoms with Gasteiger partial charge in [-0.2, -0.15) is 0 Å². The first-order valence-corrected chi connectivity index (χ1v) is 12.8. The van der Waals surface area contributed by atoms with E-state index in [0.29, 0.717) is 26.6 Å². The number of rotatable bonds is 4. The van der Waals surface area contributed by atoms with E-state index in [-0.39, 0.29) is 30.4 Å². The Labute approximate surface area is 209 Å². The standard InChI is InChI=1S/C20H17BrN5O9P/c21-10-2-9-8(1-14(28)33-12(9)3-11(10)27)4-31-36(30)32-5-13-17(35-36)16(29)20(34-13)26-7-25-15-18(22)23-6-24-19(15)26/h1-3,6-7,13,16-17,20,27,29H,4-5H2,(H2,22,23,24)/t13-,16-,17?,20-,36?/m1/s1. The van der Waals surface area contributed by atoms with Crippen LogP contribution in [0.3, 0.4) is 0 Å². The topological polar surface area (TPSA) is 194 Å². The highest BCUT2D eigenvalue weighted by atomic mass is 79.9. The smallest absolute Gasteiger partial charge is 0.475 e. The number of imidazole rings is 1. The van der Waals surface area contributed by atoms with Crippen LogP contribution in [-0.4, -0.2) is 54.7 Å². The van der Waals surface area contributed by atoms with Crippen LogP contribution in [0.25, 0.3) is 22.1 Å². The molecule has 5 atom stereocenters. The number of phosphoric acid groups is 1. The highest BCUT2D eigenvalue weighted by Gasteiger charge is 2.53. The average Bonchev–Trinajstić information content (AvgIpc) is 3.40. The van der Waals surface area contributed by atoms with E-state index in [2.05, 4.69) is 30.9 Å². The van der Waals surface area contributed by atoms with Crippen molar-refractivity contribution in [2.24, 2.45) is 0 Å². The van der Waals surface area contributed by atoms with Crippen molar-refractivity contribution >= 4 is 51.7 Å². The molecule has 0 saturated carbocycles. The third kappa shape index (κ3) is 3.89. The highest BCUT2D eigenvalue weighted by Crippen LogP contribution is 2.57. The molecule has 4 aromatic rings. The first kappa shape index (κ1) is 23.5. The van der Waals surface area contributed by atoms with E-state index in [1.165, 1.54) is 35.4 Å². The lowest BCUT2D eigenvalue weighted by molar-refractivity contribution is -0.0714. The summed E-state index contributed by atoms with van der Waals surface area (Å²) in [5.74, 6) is 0.0527. The molecule has 4 N–H and O–H groups in total. The van der Waals surface area contributed by atoms with E-state index in [1.54, 1.807) is 0 Å². The fraction of sp³-hybridized carbons (Fsp3) is 0.300. The molecule has 5 heterocycles. The van der Waals surface area contributed by atoms with Gasteiger partial charge in [0.1, 0.15) is 41.5 Å². The number of phenols is 1. The van der Waals surface area contributed by atoms with Gasteiger partial charge in [0.05, 0.1) is 24.0 Å². The van der Waals surface area contributed by atoms with E-state index < -0.39 is 38.0 Å². The first-order valence-electron chi connectivity index (χ1n) is 10.5. The lowest BCUT2D eigenvalue weighted by Gasteiger charge is -2.30. The van der Waals surface area contributed by atoms with Gasteiger partial charge in [-0.1, -0.05) is 0 Å². The molecule has 2 aliphatic heterocycles. The Morgan fingerprint density at radius 1 is 1.28 bits per heavy atom. The average molecular weight is 582 g/mol. The molecule has 0 aliphatic carbocycles. The quantitative estimate of drug-likeness (QED) is 0.234. The van der Waals surface area contributed by atoms with Crippen LogP contribution in [0.1, 0.15) is 11.8 Å². The number of nitrogens with two attached hydrogens (primary N) is 1. The van der Waals surface area contributed by atoms with Crippen LogP contribution < -0.4 is 11.4 Å². The number of aromatic nitrogens is 4. The second-order valence-electron chi connectivity index (χ2n) is 8.12. The number of anilines is 1. The zero-order chi connectivity index (χ0) is 25.2. The van der Waals surface area contributed by atoms with Crippen LogP contribution >= 0.6 is 23.8 Å². The Morgan fingerprint density at radius 2 is 2.11 bits per heavy atom. The van der Waals surface area contributed by atoms with E-state index in [9.17, 15) is 19.6 Å². The maximum Gasteiger partial charge on any atom is 0.475 e. The predicted molar refractivity (Wildman–Crippen MR) is 125 cm³/mol.